The number of carbonyl (C=O) groups is 1. The number of thioether (sulfide) groups is 1. The number of aromatic nitrogens is 2. The lowest BCUT2D eigenvalue weighted by molar-refractivity contribution is 0.0506. The number of hydrogen-bond donors (Lipinski definition) is 1. The summed E-state index contributed by atoms with van der Waals surface area (Å²) in [4.78, 5) is 16.0. The molecule has 0 radical (unpaired) electrons. The number of alkyl carbamates (subject to hydrolysis) is 1. The van der Waals surface area contributed by atoms with Gasteiger partial charge in [0, 0.05) is 11.8 Å². The van der Waals surface area contributed by atoms with Crippen molar-refractivity contribution in [1.82, 2.24) is 14.9 Å². The van der Waals surface area contributed by atoms with E-state index in [-0.39, 0.29) is 6.04 Å². The molecule has 1 aromatic heterocycles. The van der Waals surface area contributed by atoms with Crippen molar-refractivity contribution in [2.45, 2.75) is 58.1 Å². The van der Waals surface area contributed by atoms with E-state index in [0.717, 1.165) is 12.2 Å². The van der Waals surface area contributed by atoms with Crippen molar-refractivity contribution in [2.24, 2.45) is 0 Å². The van der Waals surface area contributed by atoms with E-state index in [2.05, 4.69) is 28.0 Å². The predicted molar refractivity (Wildman–Crippen MR) is 83.0 cm³/mol. The van der Waals surface area contributed by atoms with Crippen molar-refractivity contribution in [2.75, 3.05) is 6.26 Å². The minimum absolute atomic E-state index is 0.138. The average Bonchev–Trinajstić information content (AvgIpc) is 2.74. The monoisotopic (exact) mass is 299 g/mol. The first-order valence-electron chi connectivity index (χ1n) is 6.75. The highest BCUT2D eigenvalue weighted by Gasteiger charge is 2.20. The largest absolute Gasteiger partial charge is 0.444 e. The van der Waals surface area contributed by atoms with Gasteiger partial charge in [-0.3, -0.25) is 0 Å². The van der Waals surface area contributed by atoms with Gasteiger partial charge in [0.25, 0.3) is 0 Å². The zero-order valence-corrected chi connectivity index (χ0v) is 14.0. The normalized spacial score (nSPS) is 14.7. The van der Waals surface area contributed by atoms with E-state index < -0.39 is 11.7 Å². The SMILES string of the molecule is CSC(C)Cn1cncc1[C@H](C)NC(=O)OC(C)(C)C. The van der Waals surface area contributed by atoms with Crippen LogP contribution >= 0.6 is 11.8 Å². The lowest BCUT2D eigenvalue weighted by atomic mass is 10.2. The van der Waals surface area contributed by atoms with Crippen LogP contribution in [0.25, 0.3) is 0 Å². The van der Waals surface area contributed by atoms with Crippen molar-refractivity contribution < 1.29 is 9.53 Å². The number of nitrogens with zero attached hydrogens (tertiary/aromatic N) is 2. The second-order valence-electron chi connectivity index (χ2n) is 5.89. The van der Waals surface area contributed by atoms with E-state index in [1.54, 1.807) is 24.3 Å². The molecule has 0 aliphatic carbocycles. The number of carbonyl (C=O) groups excluding carboxylic acids is 1. The van der Waals surface area contributed by atoms with Crippen LogP contribution in [0.3, 0.4) is 0 Å². The topological polar surface area (TPSA) is 56.2 Å². The lowest BCUT2D eigenvalue weighted by Gasteiger charge is -2.22. The number of amides is 1. The molecule has 0 aliphatic heterocycles. The molecule has 2 atom stereocenters. The summed E-state index contributed by atoms with van der Waals surface area (Å²) in [5, 5.41) is 3.34. The van der Waals surface area contributed by atoms with Crippen LogP contribution < -0.4 is 5.32 Å². The fraction of sp³-hybridized carbons (Fsp3) is 0.714. The molecule has 20 heavy (non-hydrogen) atoms. The summed E-state index contributed by atoms with van der Waals surface area (Å²) >= 11 is 1.80. The number of nitrogens with one attached hydrogen (secondary N) is 1. The number of rotatable bonds is 5. The Hall–Kier alpha value is -1.17. The van der Waals surface area contributed by atoms with E-state index in [9.17, 15) is 4.79 Å². The number of imidazole rings is 1. The molecule has 5 nitrogen and oxygen atoms in total. The summed E-state index contributed by atoms with van der Waals surface area (Å²) in [6.45, 7) is 10.5. The van der Waals surface area contributed by atoms with Crippen molar-refractivity contribution in [3.8, 4) is 0 Å². The molecule has 0 saturated carbocycles. The fourth-order valence-corrected chi connectivity index (χ4v) is 2.06. The first kappa shape index (κ1) is 16.9. The molecule has 1 heterocycles. The van der Waals surface area contributed by atoms with Gasteiger partial charge in [-0.2, -0.15) is 11.8 Å². The van der Waals surface area contributed by atoms with Crippen molar-refractivity contribution in [1.29, 1.82) is 0 Å². The molecule has 1 unspecified atom stereocenters. The molecule has 0 aliphatic rings. The van der Waals surface area contributed by atoms with Crippen molar-refractivity contribution >= 4 is 17.9 Å². The van der Waals surface area contributed by atoms with Gasteiger partial charge in [-0.15, -0.1) is 0 Å². The van der Waals surface area contributed by atoms with Crippen molar-refractivity contribution in [3.05, 3.63) is 18.2 Å². The Morgan fingerprint density at radius 1 is 1.50 bits per heavy atom. The molecular weight excluding hydrogens is 274 g/mol. The number of hydrogen-bond acceptors (Lipinski definition) is 4. The van der Waals surface area contributed by atoms with Gasteiger partial charge in [-0.05, 0) is 34.0 Å². The first-order valence-corrected chi connectivity index (χ1v) is 8.04. The maximum atomic E-state index is 11.8. The summed E-state index contributed by atoms with van der Waals surface area (Å²) in [5.41, 5.74) is 0.494. The summed E-state index contributed by atoms with van der Waals surface area (Å²) in [7, 11) is 0. The Morgan fingerprint density at radius 2 is 2.15 bits per heavy atom. The summed E-state index contributed by atoms with van der Waals surface area (Å²) in [6.07, 6.45) is 5.27. The second-order valence-corrected chi connectivity index (χ2v) is 7.16. The van der Waals surface area contributed by atoms with E-state index in [1.165, 1.54) is 0 Å². The maximum Gasteiger partial charge on any atom is 0.408 e. The molecule has 1 rings (SSSR count). The van der Waals surface area contributed by atoms with Gasteiger partial charge in [0.15, 0.2) is 0 Å². The van der Waals surface area contributed by atoms with Crippen LogP contribution in [-0.4, -0.2) is 32.8 Å². The maximum absolute atomic E-state index is 11.8. The van der Waals surface area contributed by atoms with Gasteiger partial charge in [-0.25, -0.2) is 9.78 Å². The van der Waals surface area contributed by atoms with Crippen LogP contribution in [0.1, 0.15) is 46.4 Å². The molecule has 0 fully saturated rings. The molecule has 114 valence electrons. The first-order chi connectivity index (χ1) is 9.23. The molecule has 0 bridgehead atoms. The van der Waals surface area contributed by atoms with E-state index >= 15 is 0 Å². The molecule has 1 aromatic rings. The second kappa shape index (κ2) is 7.02. The van der Waals surface area contributed by atoms with Gasteiger partial charge in [-0.1, -0.05) is 6.92 Å². The summed E-state index contributed by atoms with van der Waals surface area (Å²) in [6, 6.07) is -0.138. The highest BCUT2D eigenvalue weighted by molar-refractivity contribution is 7.99. The molecule has 1 N–H and O–H groups in total. The molecular formula is C14H25N3O2S. The van der Waals surface area contributed by atoms with Crippen LogP contribution in [0.4, 0.5) is 4.79 Å². The van der Waals surface area contributed by atoms with E-state index in [1.807, 2.05) is 27.7 Å². The standard InChI is InChI=1S/C14H25N3O2S/c1-10(20-6)8-17-9-15-7-12(17)11(2)16-13(18)19-14(3,4)5/h7,9-11H,8H2,1-6H3,(H,16,18)/t10?,11-/m0/s1. The highest BCUT2D eigenvalue weighted by atomic mass is 32.2. The molecule has 0 spiro atoms. The average molecular weight is 299 g/mol. The van der Waals surface area contributed by atoms with E-state index in [4.69, 9.17) is 4.74 Å². The Balaban J connectivity index is 2.66. The van der Waals surface area contributed by atoms with Gasteiger partial charge in [0.2, 0.25) is 0 Å². The Morgan fingerprint density at radius 3 is 2.70 bits per heavy atom. The van der Waals surface area contributed by atoms with Crippen LogP contribution in [0, 0.1) is 0 Å². The quantitative estimate of drug-likeness (QED) is 0.907. The van der Waals surface area contributed by atoms with Gasteiger partial charge in [0.1, 0.15) is 5.60 Å². The molecule has 0 aromatic carbocycles. The fourth-order valence-electron chi connectivity index (χ4n) is 1.75. The summed E-state index contributed by atoms with van der Waals surface area (Å²) in [5.74, 6) is 0. The minimum Gasteiger partial charge on any atom is -0.444 e. The third kappa shape index (κ3) is 5.45. The number of ether oxygens (including phenoxy) is 1. The minimum atomic E-state index is -0.489. The Labute approximate surface area is 125 Å². The predicted octanol–water partition coefficient (Wildman–Crippen LogP) is 3.22. The highest BCUT2D eigenvalue weighted by Crippen LogP contribution is 2.16. The molecule has 6 heteroatoms. The zero-order valence-electron chi connectivity index (χ0n) is 13.1. The van der Waals surface area contributed by atoms with Gasteiger partial charge in [0.05, 0.1) is 24.3 Å². The Kier molecular flexibility index (Phi) is 5.92. The zero-order chi connectivity index (χ0) is 15.3. The molecule has 1 amide bonds. The lowest BCUT2D eigenvalue weighted by Crippen LogP contribution is -2.34. The van der Waals surface area contributed by atoms with Crippen LogP contribution in [0.15, 0.2) is 12.5 Å². The molecule has 0 saturated heterocycles. The van der Waals surface area contributed by atoms with Crippen LogP contribution in [0.2, 0.25) is 0 Å². The van der Waals surface area contributed by atoms with Crippen LogP contribution in [-0.2, 0) is 11.3 Å². The third-order valence-corrected chi connectivity index (χ3v) is 3.73. The third-order valence-electron chi connectivity index (χ3n) is 2.78. The summed E-state index contributed by atoms with van der Waals surface area (Å²) < 4.78 is 7.34. The van der Waals surface area contributed by atoms with Gasteiger partial charge >= 0.3 is 6.09 Å². The van der Waals surface area contributed by atoms with Crippen LogP contribution in [0.5, 0.6) is 0 Å². The van der Waals surface area contributed by atoms with Gasteiger partial charge < -0.3 is 14.6 Å². The van der Waals surface area contributed by atoms with E-state index in [0.29, 0.717) is 5.25 Å². The smallest absolute Gasteiger partial charge is 0.408 e. The Bertz CT molecular complexity index is 440. The van der Waals surface area contributed by atoms with Crippen molar-refractivity contribution in [3.63, 3.8) is 0 Å².